The molecule has 2 aliphatic rings. The van der Waals surface area contributed by atoms with E-state index in [0.717, 1.165) is 65.1 Å². The number of carbonyl (C=O) groups is 1. The van der Waals surface area contributed by atoms with Crippen molar-refractivity contribution in [2.24, 2.45) is 0 Å². The summed E-state index contributed by atoms with van der Waals surface area (Å²) in [6.07, 6.45) is 5.85. The molecular formula is C26H24N4O2. The zero-order chi connectivity index (χ0) is 21.7. The predicted molar refractivity (Wildman–Crippen MR) is 124 cm³/mol. The molecule has 0 N–H and O–H groups in total. The standard InChI is InChI=1S/C26H24N4O2/c1-32-21-11-12-23-18(14-21)6-5-13-29(23)26(31)19-15-22-24(17-9-10-17)28-30(25(22)27-16-19)20-7-3-2-4-8-20/h2-4,7-8,11-12,14-17H,5-6,9-10,13H2,1H3. The molecule has 2 aromatic carbocycles. The van der Waals surface area contributed by atoms with Crippen LogP contribution in [0.4, 0.5) is 5.69 Å². The van der Waals surface area contributed by atoms with Crippen LogP contribution in [0.3, 0.4) is 0 Å². The van der Waals surface area contributed by atoms with Gasteiger partial charge < -0.3 is 9.64 Å². The maximum Gasteiger partial charge on any atom is 0.259 e. The van der Waals surface area contributed by atoms with Crippen molar-refractivity contribution < 1.29 is 9.53 Å². The fourth-order valence-electron chi connectivity index (χ4n) is 4.62. The molecular weight excluding hydrogens is 400 g/mol. The zero-order valence-corrected chi connectivity index (χ0v) is 18.0. The van der Waals surface area contributed by atoms with E-state index in [9.17, 15) is 4.79 Å². The van der Waals surface area contributed by atoms with Crippen LogP contribution in [0.25, 0.3) is 16.7 Å². The Bertz CT molecular complexity index is 1320. The lowest BCUT2D eigenvalue weighted by Crippen LogP contribution is -2.35. The van der Waals surface area contributed by atoms with Gasteiger partial charge in [-0.05, 0) is 67.6 Å². The average Bonchev–Trinajstić information content (AvgIpc) is 3.63. The molecule has 1 aliphatic heterocycles. The number of amides is 1. The van der Waals surface area contributed by atoms with Crippen molar-refractivity contribution >= 4 is 22.6 Å². The van der Waals surface area contributed by atoms with Gasteiger partial charge in [-0.2, -0.15) is 5.10 Å². The molecule has 6 nitrogen and oxygen atoms in total. The van der Waals surface area contributed by atoms with Crippen LogP contribution in [0.5, 0.6) is 5.75 Å². The molecule has 32 heavy (non-hydrogen) atoms. The third-order valence-electron chi connectivity index (χ3n) is 6.41. The monoisotopic (exact) mass is 424 g/mol. The Morgan fingerprint density at radius 2 is 1.94 bits per heavy atom. The molecule has 0 unspecified atom stereocenters. The summed E-state index contributed by atoms with van der Waals surface area (Å²) in [5.41, 5.74) is 5.55. The van der Waals surface area contributed by atoms with Crippen molar-refractivity contribution in [3.63, 3.8) is 0 Å². The number of aryl methyl sites for hydroxylation is 1. The Morgan fingerprint density at radius 1 is 1.09 bits per heavy atom. The number of para-hydroxylation sites is 1. The summed E-state index contributed by atoms with van der Waals surface area (Å²) in [6, 6.07) is 18.0. The van der Waals surface area contributed by atoms with Gasteiger partial charge in [0.05, 0.1) is 24.1 Å². The lowest BCUT2D eigenvalue weighted by molar-refractivity contribution is 0.0985. The van der Waals surface area contributed by atoms with Crippen LogP contribution >= 0.6 is 0 Å². The first-order chi connectivity index (χ1) is 15.7. The number of methoxy groups -OCH3 is 1. The first-order valence-electron chi connectivity index (χ1n) is 11.2. The van der Waals surface area contributed by atoms with Crippen molar-refractivity contribution in [1.29, 1.82) is 0 Å². The molecule has 4 aromatic rings. The van der Waals surface area contributed by atoms with Gasteiger partial charge in [-0.1, -0.05) is 18.2 Å². The summed E-state index contributed by atoms with van der Waals surface area (Å²) < 4.78 is 7.27. The van der Waals surface area contributed by atoms with Crippen LogP contribution in [0.2, 0.25) is 0 Å². The predicted octanol–water partition coefficient (Wildman–Crippen LogP) is 4.90. The van der Waals surface area contributed by atoms with Gasteiger partial charge in [-0.25, -0.2) is 9.67 Å². The molecule has 6 rings (SSSR count). The van der Waals surface area contributed by atoms with Crippen molar-refractivity contribution in [2.75, 3.05) is 18.6 Å². The van der Waals surface area contributed by atoms with E-state index in [1.54, 1.807) is 13.3 Å². The van der Waals surface area contributed by atoms with Crippen LogP contribution in [-0.4, -0.2) is 34.3 Å². The van der Waals surface area contributed by atoms with Crippen molar-refractivity contribution in [1.82, 2.24) is 14.8 Å². The SMILES string of the molecule is COc1ccc2c(c1)CCCN2C(=O)c1cnc2c(c1)c(C1CC1)nn2-c1ccccc1. The molecule has 6 heteroatoms. The number of pyridine rings is 1. The third kappa shape index (κ3) is 3.14. The van der Waals surface area contributed by atoms with E-state index in [0.29, 0.717) is 18.0 Å². The fraction of sp³-hybridized carbons (Fsp3) is 0.269. The zero-order valence-electron chi connectivity index (χ0n) is 18.0. The Labute approximate surface area is 186 Å². The Hall–Kier alpha value is -3.67. The van der Waals surface area contributed by atoms with Gasteiger partial charge in [0.1, 0.15) is 5.75 Å². The maximum absolute atomic E-state index is 13.6. The molecule has 1 saturated carbocycles. The smallest absolute Gasteiger partial charge is 0.259 e. The molecule has 3 heterocycles. The van der Waals surface area contributed by atoms with Crippen LogP contribution in [0.1, 0.15) is 46.8 Å². The summed E-state index contributed by atoms with van der Waals surface area (Å²) in [4.78, 5) is 20.2. The van der Waals surface area contributed by atoms with E-state index in [1.165, 1.54) is 0 Å². The number of ether oxygens (including phenoxy) is 1. The normalized spacial score (nSPS) is 15.6. The van der Waals surface area contributed by atoms with E-state index >= 15 is 0 Å². The summed E-state index contributed by atoms with van der Waals surface area (Å²) in [5, 5.41) is 5.89. The number of rotatable bonds is 4. The number of hydrogen-bond donors (Lipinski definition) is 0. The van der Waals surface area contributed by atoms with Gasteiger partial charge in [0, 0.05) is 29.7 Å². The topological polar surface area (TPSA) is 60.2 Å². The van der Waals surface area contributed by atoms with E-state index in [1.807, 2.05) is 64.2 Å². The molecule has 0 radical (unpaired) electrons. The highest BCUT2D eigenvalue weighted by Crippen LogP contribution is 2.43. The lowest BCUT2D eigenvalue weighted by Gasteiger charge is -2.29. The molecule has 0 bridgehead atoms. The minimum Gasteiger partial charge on any atom is -0.497 e. The fourth-order valence-corrected chi connectivity index (χ4v) is 4.62. The van der Waals surface area contributed by atoms with Gasteiger partial charge in [0.25, 0.3) is 5.91 Å². The minimum atomic E-state index is -0.0141. The van der Waals surface area contributed by atoms with Crippen LogP contribution < -0.4 is 9.64 Å². The van der Waals surface area contributed by atoms with Gasteiger partial charge in [0.2, 0.25) is 0 Å². The highest BCUT2D eigenvalue weighted by molar-refractivity contribution is 6.08. The van der Waals surface area contributed by atoms with Crippen LogP contribution in [0.15, 0.2) is 60.8 Å². The van der Waals surface area contributed by atoms with Crippen molar-refractivity contribution in [3.8, 4) is 11.4 Å². The number of hydrogen-bond acceptors (Lipinski definition) is 4. The van der Waals surface area contributed by atoms with Crippen LogP contribution in [-0.2, 0) is 6.42 Å². The summed E-state index contributed by atoms with van der Waals surface area (Å²) >= 11 is 0. The summed E-state index contributed by atoms with van der Waals surface area (Å²) in [6.45, 7) is 0.703. The van der Waals surface area contributed by atoms with E-state index in [4.69, 9.17) is 14.8 Å². The minimum absolute atomic E-state index is 0.0141. The summed E-state index contributed by atoms with van der Waals surface area (Å²) in [5.74, 6) is 1.26. The van der Waals surface area contributed by atoms with Gasteiger partial charge in [-0.15, -0.1) is 0 Å². The number of aromatic nitrogens is 3. The van der Waals surface area contributed by atoms with E-state index < -0.39 is 0 Å². The molecule has 1 aliphatic carbocycles. The van der Waals surface area contributed by atoms with Crippen molar-refractivity contribution in [3.05, 3.63) is 77.6 Å². The van der Waals surface area contributed by atoms with E-state index in [-0.39, 0.29) is 5.91 Å². The molecule has 160 valence electrons. The third-order valence-corrected chi connectivity index (χ3v) is 6.41. The van der Waals surface area contributed by atoms with Gasteiger partial charge >= 0.3 is 0 Å². The Kier molecular flexibility index (Phi) is 4.45. The van der Waals surface area contributed by atoms with Gasteiger partial charge in [-0.3, -0.25) is 4.79 Å². The summed E-state index contributed by atoms with van der Waals surface area (Å²) in [7, 11) is 1.67. The second kappa shape index (κ2) is 7.48. The second-order valence-corrected chi connectivity index (χ2v) is 8.56. The first-order valence-corrected chi connectivity index (χ1v) is 11.2. The number of nitrogens with zero attached hydrogens (tertiary/aromatic N) is 4. The molecule has 1 amide bonds. The largest absolute Gasteiger partial charge is 0.497 e. The lowest BCUT2D eigenvalue weighted by atomic mass is 10.0. The molecule has 2 aromatic heterocycles. The van der Waals surface area contributed by atoms with Gasteiger partial charge in [0.15, 0.2) is 5.65 Å². The molecule has 0 spiro atoms. The van der Waals surface area contributed by atoms with Crippen molar-refractivity contribution in [2.45, 2.75) is 31.6 Å². The Morgan fingerprint density at radius 3 is 2.72 bits per heavy atom. The highest BCUT2D eigenvalue weighted by Gasteiger charge is 2.31. The molecule has 0 atom stereocenters. The number of anilines is 1. The maximum atomic E-state index is 13.6. The average molecular weight is 425 g/mol. The van der Waals surface area contributed by atoms with Crippen LogP contribution in [0, 0.1) is 0 Å². The molecule has 1 fully saturated rings. The Balaban J connectivity index is 1.42. The first kappa shape index (κ1) is 19.0. The van der Waals surface area contributed by atoms with E-state index in [2.05, 4.69) is 0 Å². The second-order valence-electron chi connectivity index (χ2n) is 8.56. The number of carbonyl (C=O) groups excluding carboxylic acids is 1. The quantitative estimate of drug-likeness (QED) is 0.468. The molecule has 0 saturated heterocycles. The highest BCUT2D eigenvalue weighted by atomic mass is 16.5. The number of fused-ring (bicyclic) bond motifs is 2. The number of benzene rings is 2.